The number of hydrogen-bond donors (Lipinski definition) is 1. The van der Waals surface area contributed by atoms with Crippen molar-refractivity contribution in [1.29, 1.82) is 0 Å². The van der Waals surface area contributed by atoms with Crippen LogP contribution in [0.25, 0.3) is 0 Å². The average Bonchev–Trinajstić information content (AvgIpc) is 2.13. The fraction of sp³-hybridized carbons (Fsp3) is 0.917. The number of piperidine rings is 1. The summed E-state index contributed by atoms with van der Waals surface area (Å²) in [4.78, 5) is 13.8. The van der Waals surface area contributed by atoms with Crippen molar-refractivity contribution < 1.29 is 4.79 Å². The molecule has 1 N–H and O–H groups in total. The van der Waals surface area contributed by atoms with Crippen molar-refractivity contribution in [2.24, 2.45) is 11.8 Å². The molecular weight excluding hydrogens is 188 g/mol. The molecule has 0 aromatic heterocycles. The van der Waals surface area contributed by atoms with Crippen LogP contribution in [0.2, 0.25) is 0 Å². The van der Waals surface area contributed by atoms with Crippen molar-refractivity contribution in [1.82, 2.24) is 10.2 Å². The van der Waals surface area contributed by atoms with Gasteiger partial charge in [0.15, 0.2) is 0 Å². The second kappa shape index (κ2) is 6.11. The summed E-state index contributed by atoms with van der Waals surface area (Å²) in [6, 6.07) is 0. The van der Waals surface area contributed by atoms with Crippen molar-refractivity contribution in [3.63, 3.8) is 0 Å². The van der Waals surface area contributed by atoms with E-state index >= 15 is 0 Å². The molecule has 1 heterocycles. The Kier molecular flexibility index (Phi) is 5.09. The summed E-state index contributed by atoms with van der Waals surface area (Å²) in [6.07, 6.45) is 2.31. The van der Waals surface area contributed by atoms with E-state index in [1.54, 1.807) is 0 Å². The largest absolute Gasteiger partial charge is 0.355 e. The van der Waals surface area contributed by atoms with Crippen LogP contribution in [0.5, 0.6) is 0 Å². The Morgan fingerprint density at radius 1 is 1.33 bits per heavy atom. The summed E-state index contributed by atoms with van der Waals surface area (Å²) in [5.74, 6) is 1.64. The number of nitrogens with zero attached hydrogens (tertiary/aromatic N) is 1. The maximum atomic E-state index is 11.5. The number of carbonyl (C=O) groups is 1. The zero-order valence-corrected chi connectivity index (χ0v) is 10.3. The molecule has 0 aromatic rings. The van der Waals surface area contributed by atoms with Crippen LogP contribution in [0.4, 0.5) is 0 Å². The second-order valence-corrected chi connectivity index (χ2v) is 4.99. The highest BCUT2D eigenvalue weighted by Gasteiger charge is 2.22. The Morgan fingerprint density at radius 3 is 2.47 bits per heavy atom. The second-order valence-electron chi connectivity index (χ2n) is 4.99. The molecule has 0 radical (unpaired) electrons. The lowest BCUT2D eigenvalue weighted by molar-refractivity contribution is -0.122. The first-order valence-corrected chi connectivity index (χ1v) is 6.10. The van der Waals surface area contributed by atoms with Gasteiger partial charge in [-0.2, -0.15) is 0 Å². The SMILES string of the molecule is CCCNC(=O)CN1C[C@H](C)C[C@H](C)C1. The first kappa shape index (κ1) is 12.5. The molecule has 1 rings (SSSR count). The fourth-order valence-corrected chi connectivity index (χ4v) is 2.44. The Labute approximate surface area is 93.2 Å². The minimum absolute atomic E-state index is 0.179. The van der Waals surface area contributed by atoms with Crippen LogP contribution >= 0.6 is 0 Å². The molecule has 1 amide bonds. The standard InChI is InChI=1S/C12H24N2O/c1-4-5-13-12(15)9-14-7-10(2)6-11(3)8-14/h10-11H,4-9H2,1-3H3,(H,13,15)/t10-,11+. The average molecular weight is 212 g/mol. The molecule has 3 nitrogen and oxygen atoms in total. The monoisotopic (exact) mass is 212 g/mol. The minimum Gasteiger partial charge on any atom is -0.355 e. The topological polar surface area (TPSA) is 32.3 Å². The van der Waals surface area contributed by atoms with Gasteiger partial charge in [0, 0.05) is 19.6 Å². The molecule has 0 spiro atoms. The number of amides is 1. The van der Waals surface area contributed by atoms with Gasteiger partial charge in [0.2, 0.25) is 5.91 Å². The summed E-state index contributed by atoms with van der Waals surface area (Å²) >= 11 is 0. The smallest absolute Gasteiger partial charge is 0.234 e. The summed E-state index contributed by atoms with van der Waals surface area (Å²) in [7, 11) is 0. The highest BCUT2D eigenvalue weighted by molar-refractivity contribution is 5.77. The molecule has 15 heavy (non-hydrogen) atoms. The number of hydrogen-bond acceptors (Lipinski definition) is 2. The first-order chi connectivity index (χ1) is 7.11. The Morgan fingerprint density at radius 2 is 1.93 bits per heavy atom. The molecule has 0 aromatic carbocycles. The van der Waals surface area contributed by atoms with Crippen molar-refractivity contribution >= 4 is 5.91 Å². The van der Waals surface area contributed by atoms with E-state index in [1.807, 2.05) is 0 Å². The first-order valence-electron chi connectivity index (χ1n) is 6.10. The van der Waals surface area contributed by atoms with E-state index in [9.17, 15) is 4.79 Å². The van der Waals surface area contributed by atoms with Gasteiger partial charge in [0.25, 0.3) is 0 Å². The number of likely N-dealkylation sites (tertiary alicyclic amines) is 1. The predicted molar refractivity (Wildman–Crippen MR) is 62.7 cm³/mol. The van der Waals surface area contributed by atoms with Crippen LogP contribution < -0.4 is 5.32 Å². The van der Waals surface area contributed by atoms with Crippen LogP contribution in [0.3, 0.4) is 0 Å². The third kappa shape index (κ3) is 4.65. The summed E-state index contributed by atoms with van der Waals surface area (Å²) < 4.78 is 0. The van der Waals surface area contributed by atoms with Crippen molar-refractivity contribution in [2.45, 2.75) is 33.6 Å². The summed E-state index contributed by atoms with van der Waals surface area (Å²) in [5.41, 5.74) is 0. The maximum absolute atomic E-state index is 11.5. The van der Waals surface area contributed by atoms with Crippen LogP contribution in [-0.4, -0.2) is 37.0 Å². The van der Waals surface area contributed by atoms with E-state index in [2.05, 4.69) is 31.0 Å². The third-order valence-corrected chi connectivity index (χ3v) is 2.88. The number of rotatable bonds is 4. The van der Waals surface area contributed by atoms with Gasteiger partial charge in [0.05, 0.1) is 6.54 Å². The lowest BCUT2D eigenvalue weighted by Crippen LogP contribution is -2.44. The van der Waals surface area contributed by atoms with Crippen LogP contribution in [-0.2, 0) is 4.79 Å². The number of nitrogens with one attached hydrogen (secondary N) is 1. The van der Waals surface area contributed by atoms with Gasteiger partial charge in [-0.05, 0) is 24.7 Å². The normalized spacial score (nSPS) is 27.7. The molecule has 3 heteroatoms. The van der Waals surface area contributed by atoms with Crippen LogP contribution in [0.1, 0.15) is 33.6 Å². The van der Waals surface area contributed by atoms with Crippen molar-refractivity contribution in [2.75, 3.05) is 26.2 Å². The molecule has 1 fully saturated rings. The van der Waals surface area contributed by atoms with Crippen LogP contribution in [0, 0.1) is 11.8 Å². The van der Waals surface area contributed by atoms with Gasteiger partial charge in [0.1, 0.15) is 0 Å². The molecule has 1 saturated heterocycles. The fourth-order valence-electron chi connectivity index (χ4n) is 2.44. The lowest BCUT2D eigenvalue weighted by atomic mass is 9.92. The zero-order chi connectivity index (χ0) is 11.3. The van der Waals surface area contributed by atoms with E-state index in [0.29, 0.717) is 6.54 Å². The zero-order valence-electron chi connectivity index (χ0n) is 10.3. The molecule has 2 atom stereocenters. The predicted octanol–water partition coefficient (Wildman–Crippen LogP) is 1.49. The lowest BCUT2D eigenvalue weighted by Gasteiger charge is -2.34. The Bertz CT molecular complexity index is 196. The summed E-state index contributed by atoms with van der Waals surface area (Å²) in [5, 5.41) is 2.93. The molecular formula is C12H24N2O. The van der Waals surface area contributed by atoms with E-state index in [4.69, 9.17) is 0 Å². The molecule has 1 aliphatic rings. The van der Waals surface area contributed by atoms with Gasteiger partial charge < -0.3 is 5.32 Å². The highest BCUT2D eigenvalue weighted by atomic mass is 16.2. The minimum atomic E-state index is 0.179. The van der Waals surface area contributed by atoms with Gasteiger partial charge in [-0.3, -0.25) is 9.69 Å². The van der Waals surface area contributed by atoms with Crippen molar-refractivity contribution in [3.8, 4) is 0 Å². The quantitative estimate of drug-likeness (QED) is 0.766. The van der Waals surface area contributed by atoms with E-state index in [-0.39, 0.29) is 5.91 Å². The van der Waals surface area contributed by atoms with E-state index in [0.717, 1.165) is 37.9 Å². The van der Waals surface area contributed by atoms with E-state index in [1.165, 1.54) is 6.42 Å². The highest BCUT2D eigenvalue weighted by Crippen LogP contribution is 2.20. The maximum Gasteiger partial charge on any atom is 0.234 e. The van der Waals surface area contributed by atoms with Gasteiger partial charge in [-0.25, -0.2) is 0 Å². The number of carbonyl (C=O) groups excluding carboxylic acids is 1. The van der Waals surface area contributed by atoms with Gasteiger partial charge >= 0.3 is 0 Å². The van der Waals surface area contributed by atoms with Crippen molar-refractivity contribution in [3.05, 3.63) is 0 Å². The Balaban J connectivity index is 2.27. The van der Waals surface area contributed by atoms with E-state index < -0.39 is 0 Å². The van der Waals surface area contributed by atoms with Gasteiger partial charge in [-0.15, -0.1) is 0 Å². The molecule has 0 bridgehead atoms. The van der Waals surface area contributed by atoms with Crippen LogP contribution in [0.15, 0.2) is 0 Å². The molecule has 88 valence electrons. The Hall–Kier alpha value is -0.570. The third-order valence-electron chi connectivity index (χ3n) is 2.88. The van der Waals surface area contributed by atoms with Gasteiger partial charge in [-0.1, -0.05) is 20.8 Å². The molecule has 0 aliphatic carbocycles. The molecule has 1 aliphatic heterocycles. The molecule has 0 saturated carbocycles. The molecule has 0 unspecified atom stereocenters. The summed E-state index contributed by atoms with van der Waals surface area (Å²) in [6.45, 7) is 10.1.